The van der Waals surface area contributed by atoms with Crippen LogP contribution in [0.1, 0.15) is 54.1 Å². The Bertz CT molecular complexity index is 1320. The van der Waals surface area contributed by atoms with Crippen molar-refractivity contribution in [3.05, 3.63) is 59.5 Å². The van der Waals surface area contributed by atoms with E-state index in [1.807, 2.05) is 0 Å². The number of halogens is 3. The molecule has 4 rings (SSSR count). The van der Waals surface area contributed by atoms with E-state index < -0.39 is 23.6 Å². The largest absolute Gasteiger partial charge is 0.478 e. The number of alkyl halides is 3. The number of carboxylic acids is 1. The summed E-state index contributed by atoms with van der Waals surface area (Å²) in [5.74, 6) is -2.21. The number of carbonyl (C=O) groups is 2. The van der Waals surface area contributed by atoms with Crippen LogP contribution >= 0.6 is 0 Å². The molecule has 10 nitrogen and oxygen atoms in total. The lowest BCUT2D eigenvalue weighted by atomic mass is 9.82. The molecule has 214 valence electrons. The van der Waals surface area contributed by atoms with E-state index >= 15 is 0 Å². The Morgan fingerprint density at radius 3 is 2.45 bits per heavy atom. The van der Waals surface area contributed by atoms with Gasteiger partial charge in [-0.2, -0.15) is 28.2 Å². The second kappa shape index (κ2) is 12.5. The second-order valence-corrected chi connectivity index (χ2v) is 9.78. The molecule has 0 bridgehead atoms. The first-order chi connectivity index (χ1) is 19.1. The van der Waals surface area contributed by atoms with Gasteiger partial charge in [0.2, 0.25) is 11.8 Å². The smallest absolute Gasteiger partial charge is 0.421 e. The van der Waals surface area contributed by atoms with Gasteiger partial charge in [-0.15, -0.1) is 0 Å². The lowest BCUT2D eigenvalue weighted by Crippen LogP contribution is -2.40. The molecular weight excluding hydrogens is 531 g/mol. The zero-order valence-electron chi connectivity index (χ0n) is 22.1. The molecule has 1 N–H and O–H groups in total. The van der Waals surface area contributed by atoms with Gasteiger partial charge in [-0.3, -0.25) is 4.79 Å². The Morgan fingerprint density at radius 2 is 1.82 bits per heavy atom. The highest BCUT2D eigenvalue weighted by Gasteiger charge is 2.36. The van der Waals surface area contributed by atoms with E-state index in [1.54, 1.807) is 0 Å². The summed E-state index contributed by atoms with van der Waals surface area (Å²) in [5, 5.41) is 17.7. The van der Waals surface area contributed by atoms with Crippen LogP contribution in [0.25, 0.3) is 0 Å². The maximum absolute atomic E-state index is 13.9. The number of rotatable bonds is 10. The quantitative estimate of drug-likeness (QED) is 0.366. The molecule has 1 saturated carbocycles. The molecule has 40 heavy (non-hydrogen) atoms. The monoisotopic (exact) mass is 561 g/mol. The van der Waals surface area contributed by atoms with Crippen molar-refractivity contribution in [2.75, 3.05) is 25.2 Å². The van der Waals surface area contributed by atoms with Crippen molar-refractivity contribution < 1.29 is 37.3 Å². The minimum Gasteiger partial charge on any atom is -0.478 e. The van der Waals surface area contributed by atoms with Gasteiger partial charge in [0.15, 0.2) is 0 Å². The number of pyridine rings is 1. The van der Waals surface area contributed by atoms with Crippen molar-refractivity contribution in [1.29, 1.82) is 0 Å². The number of aromatic carboxylic acids is 1. The summed E-state index contributed by atoms with van der Waals surface area (Å²) in [4.78, 5) is 32.1. The number of ether oxygens (including phenoxy) is 2. The number of anilines is 1. The fourth-order valence-corrected chi connectivity index (χ4v) is 4.71. The Labute approximate surface area is 228 Å². The predicted molar refractivity (Wildman–Crippen MR) is 137 cm³/mol. The maximum atomic E-state index is 13.9. The average Bonchev–Trinajstić information content (AvgIpc) is 3.43. The highest BCUT2D eigenvalue weighted by Crippen LogP contribution is 2.39. The molecule has 3 aromatic rings. The fraction of sp³-hybridized carbons (Fsp3) is 0.444. The van der Waals surface area contributed by atoms with E-state index in [0.29, 0.717) is 18.8 Å². The third kappa shape index (κ3) is 6.95. The Morgan fingerprint density at radius 1 is 1.12 bits per heavy atom. The summed E-state index contributed by atoms with van der Waals surface area (Å²) in [5.41, 5.74) is -1.11. The van der Waals surface area contributed by atoms with Crippen molar-refractivity contribution in [2.45, 2.75) is 45.3 Å². The van der Waals surface area contributed by atoms with Crippen molar-refractivity contribution in [3.8, 4) is 11.6 Å². The highest BCUT2D eigenvalue weighted by molar-refractivity contribution is 6.03. The van der Waals surface area contributed by atoms with Gasteiger partial charge in [0.25, 0.3) is 0 Å². The summed E-state index contributed by atoms with van der Waals surface area (Å²) in [6.07, 6.45) is 2.41. The Hall–Kier alpha value is -4.00. The summed E-state index contributed by atoms with van der Waals surface area (Å²) in [7, 11) is 1.47. The molecule has 0 saturated heterocycles. The minimum atomic E-state index is -4.80. The molecule has 0 spiro atoms. The number of carboxylic acid groups (broad SMARTS) is 1. The number of aromatic nitrogens is 4. The molecule has 1 amide bonds. The third-order valence-corrected chi connectivity index (χ3v) is 6.86. The fourth-order valence-electron chi connectivity index (χ4n) is 4.71. The van der Waals surface area contributed by atoms with Crippen LogP contribution in [0.4, 0.5) is 18.9 Å². The SMILES string of the molecule is COCCN(c1ccc(Oc2ncc(Cn3nccn3)cc2C(F)(F)F)cc1C(=O)O)C(=O)[C@H]1CC[C@H](C)CC1. The molecule has 1 aliphatic carbocycles. The molecule has 0 aliphatic heterocycles. The average molecular weight is 562 g/mol. The van der Waals surface area contributed by atoms with E-state index in [0.717, 1.165) is 25.0 Å². The van der Waals surface area contributed by atoms with Gasteiger partial charge in [0.05, 0.1) is 36.8 Å². The zero-order chi connectivity index (χ0) is 28.9. The van der Waals surface area contributed by atoms with Crippen molar-refractivity contribution in [1.82, 2.24) is 20.0 Å². The third-order valence-electron chi connectivity index (χ3n) is 6.86. The van der Waals surface area contributed by atoms with E-state index in [2.05, 4.69) is 22.1 Å². The number of amides is 1. The van der Waals surface area contributed by atoms with Crippen LogP contribution in [0.3, 0.4) is 0 Å². The summed E-state index contributed by atoms with van der Waals surface area (Å²) in [6.45, 7) is 2.39. The van der Waals surface area contributed by atoms with E-state index in [-0.39, 0.29) is 54.1 Å². The standard InChI is InChI=1S/C27H30F3N5O5/c1-17-3-5-19(6-4-17)25(36)34(11-12-39-2)23-8-7-20(14-21(23)26(37)38)40-24-22(27(28,29)30)13-18(15-31-24)16-35-32-9-10-33-35/h7-10,13-15,17,19H,3-6,11-12,16H2,1-2H3,(H,37,38)/t17-,19-. The molecule has 0 atom stereocenters. The molecule has 2 heterocycles. The van der Waals surface area contributed by atoms with Crippen LogP contribution in [-0.4, -0.2) is 57.2 Å². The first-order valence-corrected chi connectivity index (χ1v) is 12.8. The topological polar surface area (TPSA) is 120 Å². The molecule has 1 aromatic carbocycles. The lowest BCUT2D eigenvalue weighted by Gasteiger charge is -2.32. The van der Waals surface area contributed by atoms with Crippen LogP contribution < -0.4 is 9.64 Å². The number of methoxy groups -OCH3 is 1. The van der Waals surface area contributed by atoms with E-state index in [1.165, 1.54) is 47.5 Å². The Balaban J connectivity index is 1.64. The van der Waals surface area contributed by atoms with Gasteiger partial charge < -0.3 is 19.5 Å². The van der Waals surface area contributed by atoms with Crippen LogP contribution in [0.2, 0.25) is 0 Å². The number of carbonyl (C=O) groups excluding carboxylic acids is 1. The van der Waals surface area contributed by atoms with Gasteiger partial charge in [-0.1, -0.05) is 6.92 Å². The van der Waals surface area contributed by atoms with E-state index in [4.69, 9.17) is 9.47 Å². The number of hydrogen-bond donors (Lipinski definition) is 1. The molecular formula is C27H30F3N5O5. The van der Waals surface area contributed by atoms with E-state index in [9.17, 15) is 27.9 Å². The molecule has 2 aromatic heterocycles. The van der Waals surface area contributed by atoms with Crippen molar-refractivity contribution >= 4 is 17.6 Å². The first-order valence-electron chi connectivity index (χ1n) is 12.8. The summed E-state index contributed by atoms with van der Waals surface area (Å²) < 4.78 is 52.3. The summed E-state index contributed by atoms with van der Waals surface area (Å²) in [6, 6.07) is 4.66. The normalized spacial score (nSPS) is 17.4. The van der Waals surface area contributed by atoms with Gasteiger partial charge in [0, 0.05) is 25.8 Å². The first kappa shape index (κ1) is 29.0. The van der Waals surface area contributed by atoms with Crippen LogP contribution in [0.15, 0.2) is 42.9 Å². The highest BCUT2D eigenvalue weighted by atomic mass is 19.4. The molecule has 0 radical (unpaired) electrons. The van der Waals surface area contributed by atoms with Gasteiger partial charge >= 0.3 is 12.1 Å². The van der Waals surface area contributed by atoms with Gasteiger partial charge in [-0.25, -0.2) is 9.78 Å². The predicted octanol–water partition coefficient (Wildman–Crippen LogP) is 5.04. The minimum absolute atomic E-state index is 0.0353. The number of benzene rings is 1. The molecule has 13 heteroatoms. The number of hydrogen-bond acceptors (Lipinski definition) is 7. The Kier molecular flexibility index (Phi) is 9.03. The van der Waals surface area contributed by atoms with Crippen molar-refractivity contribution in [3.63, 3.8) is 0 Å². The maximum Gasteiger partial charge on any atom is 0.421 e. The van der Waals surface area contributed by atoms with Crippen LogP contribution in [-0.2, 0) is 22.3 Å². The van der Waals surface area contributed by atoms with Crippen LogP contribution in [0, 0.1) is 11.8 Å². The second-order valence-electron chi connectivity index (χ2n) is 9.78. The number of nitrogens with zero attached hydrogens (tertiary/aromatic N) is 5. The molecule has 1 fully saturated rings. The zero-order valence-corrected chi connectivity index (χ0v) is 22.1. The molecule has 0 unspecified atom stereocenters. The van der Waals surface area contributed by atoms with Crippen LogP contribution in [0.5, 0.6) is 11.6 Å². The van der Waals surface area contributed by atoms with Gasteiger partial charge in [-0.05, 0) is 61.4 Å². The molecule has 1 aliphatic rings. The van der Waals surface area contributed by atoms with Crippen molar-refractivity contribution in [2.24, 2.45) is 11.8 Å². The van der Waals surface area contributed by atoms with Gasteiger partial charge in [0.1, 0.15) is 11.3 Å². The summed E-state index contributed by atoms with van der Waals surface area (Å²) >= 11 is 0. The lowest BCUT2D eigenvalue weighted by molar-refractivity contribution is -0.139.